The van der Waals surface area contributed by atoms with Crippen molar-refractivity contribution in [2.24, 2.45) is 5.92 Å². The first-order valence-corrected chi connectivity index (χ1v) is 10.8. The van der Waals surface area contributed by atoms with Crippen LogP contribution in [0.15, 0.2) is 53.6 Å². The summed E-state index contributed by atoms with van der Waals surface area (Å²) in [5, 5.41) is 2.72. The number of hydrogen-bond acceptors (Lipinski definition) is 5. The molecule has 1 N–H and O–H groups in total. The highest BCUT2D eigenvalue weighted by molar-refractivity contribution is 7.89. The lowest BCUT2D eigenvalue weighted by Gasteiger charge is -2.29. The van der Waals surface area contributed by atoms with Crippen molar-refractivity contribution in [3.05, 3.63) is 54.4 Å². The van der Waals surface area contributed by atoms with Crippen LogP contribution in [0.25, 0.3) is 0 Å². The van der Waals surface area contributed by atoms with E-state index in [1.165, 1.54) is 16.4 Å². The van der Waals surface area contributed by atoms with Gasteiger partial charge in [0, 0.05) is 19.3 Å². The Kier molecular flexibility index (Phi) is 6.64. The lowest BCUT2D eigenvalue weighted by molar-refractivity contribution is -0.123. The van der Waals surface area contributed by atoms with E-state index < -0.39 is 10.0 Å². The molecule has 1 amide bonds. The van der Waals surface area contributed by atoms with Crippen molar-refractivity contribution in [3.8, 4) is 5.75 Å². The monoisotopic (exact) mass is 403 g/mol. The molecule has 0 spiro atoms. The van der Waals surface area contributed by atoms with Gasteiger partial charge < -0.3 is 10.1 Å². The Morgan fingerprint density at radius 1 is 1.18 bits per heavy atom. The lowest BCUT2D eigenvalue weighted by Crippen LogP contribution is -2.37. The SMILES string of the molecule is CC1CCN(S(=O)(=O)c2ccc(OCC(=O)NCc3ccccn3)cc2)CC1. The molecule has 150 valence electrons. The molecule has 0 saturated carbocycles. The van der Waals surface area contributed by atoms with Crippen molar-refractivity contribution in [3.63, 3.8) is 0 Å². The summed E-state index contributed by atoms with van der Waals surface area (Å²) in [5.74, 6) is 0.732. The summed E-state index contributed by atoms with van der Waals surface area (Å²) in [4.78, 5) is 16.3. The van der Waals surface area contributed by atoms with Gasteiger partial charge in [-0.15, -0.1) is 0 Å². The number of aromatic nitrogens is 1. The predicted molar refractivity (Wildman–Crippen MR) is 105 cm³/mol. The minimum Gasteiger partial charge on any atom is -0.484 e. The molecule has 28 heavy (non-hydrogen) atoms. The van der Waals surface area contributed by atoms with Crippen molar-refractivity contribution >= 4 is 15.9 Å². The van der Waals surface area contributed by atoms with Crippen molar-refractivity contribution in [2.75, 3.05) is 19.7 Å². The van der Waals surface area contributed by atoms with Gasteiger partial charge in [0.1, 0.15) is 5.75 Å². The van der Waals surface area contributed by atoms with Gasteiger partial charge >= 0.3 is 0 Å². The van der Waals surface area contributed by atoms with Gasteiger partial charge in [0.25, 0.3) is 5.91 Å². The highest BCUT2D eigenvalue weighted by atomic mass is 32.2. The summed E-state index contributed by atoms with van der Waals surface area (Å²) < 4.78 is 32.4. The summed E-state index contributed by atoms with van der Waals surface area (Å²) in [5.41, 5.74) is 0.762. The third-order valence-corrected chi connectivity index (χ3v) is 6.68. The number of nitrogens with one attached hydrogen (secondary N) is 1. The van der Waals surface area contributed by atoms with E-state index in [0.717, 1.165) is 18.5 Å². The largest absolute Gasteiger partial charge is 0.484 e. The molecule has 2 aromatic rings. The average Bonchev–Trinajstić information content (AvgIpc) is 2.72. The maximum absolute atomic E-state index is 12.7. The molecular formula is C20H25N3O4S. The third-order valence-electron chi connectivity index (χ3n) is 4.77. The van der Waals surface area contributed by atoms with Crippen LogP contribution in [0, 0.1) is 5.92 Å². The zero-order chi connectivity index (χ0) is 20.0. The van der Waals surface area contributed by atoms with Crippen LogP contribution in [-0.2, 0) is 21.4 Å². The number of pyridine rings is 1. The number of benzene rings is 1. The van der Waals surface area contributed by atoms with Crippen LogP contribution in [0.2, 0.25) is 0 Å². The number of amides is 1. The van der Waals surface area contributed by atoms with E-state index in [9.17, 15) is 13.2 Å². The molecule has 0 bridgehead atoms. The molecule has 8 heteroatoms. The highest BCUT2D eigenvalue weighted by Gasteiger charge is 2.27. The summed E-state index contributed by atoms with van der Waals surface area (Å²) in [7, 11) is -3.48. The Hall–Kier alpha value is -2.45. The minimum absolute atomic E-state index is 0.150. The zero-order valence-electron chi connectivity index (χ0n) is 15.9. The summed E-state index contributed by atoms with van der Waals surface area (Å²) in [6, 6.07) is 11.7. The Balaban J connectivity index is 1.50. The molecule has 0 radical (unpaired) electrons. The molecule has 1 aliphatic heterocycles. The van der Waals surface area contributed by atoms with Crippen LogP contribution < -0.4 is 10.1 Å². The van der Waals surface area contributed by atoms with E-state index in [2.05, 4.69) is 17.2 Å². The molecule has 1 aliphatic rings. The molecule has 1 aromatic heterocycles. The molecule has 2 heterocycles. The van der Waals surface area contributed by atoms with Gasteiger partial charge in [0.15, 0.2) is 6.61 Å². The molecule has 0 atom stereocenters. The van der Waals surface area contributed by atoms with Gasteiger partial charge in [0.05, 0.1) is 17.1 Å². The Bertz CT molecular complexity index is 877. The molecular weight excluding hydrogens is 378 g/mol. The standard InChI is InChI=1S/C20H25N3O4S/c1-16-9-12-23(13-10-16)28(25,26)19-7-5-18(6-8-19)27-15-20(24)22-14-17-4-2-3-11-21-17/h2-8,11,16H,9-10,12-15H2,1H3,(H,22,24). The van der Waals surface area contributed by atoms with Crippen LogP contribution in [-0.4, -0.2) is 43.3 Å². The molecule has 3 rings (SSSR count). The number of carbonyl (C=O) groups excluding carboxylic acids is 1. The maximum atomic E-state index is 12.7. The molecule has 1 aromatic carbocycles. The van der Waals surface area contributed by atoms with Crippen molar-refractivity contribution in [2.45, 2.75) is 31.2 Å². The molecule has 1 saturated heterocycles. The smallest absolute Gasteiger partial charge is 0.258 e. The van der Waals surface area contributed by atoms with Crippen LogP contribution in [0.3, 0.4) is 0 Å². The number of sulfonamides is 1. The maximum Gasteiger partial charge on any atom is 0.258 e. The summed E-state index contributed by atoms with van der Waals surface area (Å²) in [6.07, 6.45) is 3.43. The van der Waals surface area contributed by atoms with Gasteiger partial charge in [-0.3, -0.25) is 9.78 Å². The average molecular weight is 404 g/mol. The van der Waals surface area contributed by atoms with E-state index in [-0.39, 0.29) is 17.4 Å². The van der Waals surface area contributed by atoms with Crippen LogP contribution in [0.4, 0.5) is 0 Å². The zero-order valence-corrected chi connectivity index (χ0v) is 16.7. The molecule has 0 aliphatic carbocycles. The second-order valence-corrected chi connectivity index (χ2v) is 8.88. The lowest BCUT2D eigenvalue weighted by atomic mass is 10.0. The van der Waals surface area contributed by atoms with Gasteiger partial charge in [-0.25, -0.2) is 8.42 Å². The first-order valence-electron chi connectivity index (χ1n) is 9.35. The van der Waals surface area contributed by atoms with Crippen molar-refractivity contribution in [1.29, 1.82) is 0 Å². The van der Waals surface area contributed by atoms with Gasteiger partial charge in [-0.05, 0) is 55.2 Å². The van der Waals surface area contributed by atoms with Crippen molar-refractivity contribution < 1.29 is 17.9 Å². The number of carbonyl (C=O) groups is 1. The fraction of sp³-hybridized carbons (Fsp3) is 0.400. The molecule has 7 nitrogen and oxygen atoms in total. The predicted octanol–water partition coefficient (Wildman–Crippen LogP) is 2.20. The number of rotatable bonds is 7. The normalized spacial score (nSPS) is 15.9. The quantitative estimate of drug-likeness (QED) is 0.766. The van der Waals surface area contributed by atoms with E-state index in [4.69, 9.17) is 4.74 Å². The first-order chi connectivity index (χ1) is 13.4. The second kappa shape index (κ2) is 9.16. The Morgan fingerprint density at radius 2 is 1.89 bits per heavy atom. The van der Waals surface area contributed by atoms with E-state index in [1.54, 1.807) is 18.3 Å². The molecule has 1 fully saturated rings. The summed E-state index contributed by atoms with van der Waals surface area (Å²) in [6.45, 7) is 3.43. The van der Waals surface area contributed by atoms with Crippen LogP contribution in [0.1, 0.15) is 25.5 Å². The number of hydrogen-bond donors (Lipinski definition) is 1. The van der Waals surface area contributed by atoms with Crippen LogP contribution in [0.5, 0.6) is 5.75 Å². The van der Waals surface area contributed by atoms with Crippen LogP contribution >= 0.6 is 0 Å². The number of piperidine rings is 1. The number of nitrogens with zero attached hydrogens (tertiary/aromatic N) is 2. The van der Waals surface area contributed by atoms with Gasteiger partial charge in [-0.2, -0.15) is 4.31 Å². The topological polar surface area (TPSA) is 88.6 Å². The highest BCUT2D eigenvalue weighted by Crippen LogP contribution is 2.24. The Morgan fingerprint density at radius 3 is 2.54 bits per heavy atom. The van der Waals surface area contributed by atoms with Crippen molar-refractivity contribution in [1.82, 2.24) is 14.6 Å². The fourth-order valence-corrected chi connectivity index (χ4v) is 4.44. The first kappa shape index (κ1) is 20.3. The fourth-order valence-electron chi connectivity index (χ4n) is 2.97. The Labute approximate surface area is 165 Å². The van der Waals surface area contributed by atoms with E-state index in [0.29, 0.717) is 31.3 Å². The van der Waals surface area contributed by atoms with E-state index >= 15 is 0 Å². The third kappa shape index (κ3) is 5.30. The van der Waals surface area contributed by atoms with Gasteiger partial charge in [0.2, 0.25) is 10.0 Å². The minimum atomic E-state index is -3.48. The summed E-state index contributed by atoms with van der Waals surface area (Å²) >= 11 is 0. The van der Waals surface area contributed by atoms with Gasteiger partial charge in [-0.1, -0.05) is 13.0 Å². The second-order valence-electron chi connectivity index (χ2n) is 6.94. The molecule has 0 unspecified atom stereocenters. The van der Waals surface area contributed by atoms with E-state index in [1.807, 2.05) is 18.2 Å². The number of ether oxygens (including phenoxy) is 1.